The highest BCUT2D eigenvalue weighted by Gasteiger charge is 2.28. The lowest BCUT2D eigenvalue weighted by atomic mass is 9.96. The standard InChI is InChI=1S/C14H21N3O3/c1-15-8-9-2-4-10(5-3-9)13(19)16-11-6-7-12(18)17-14(11)20/h2,4,11,13,15-16,19H,3,5-8H2,1H3,(H,17,18,20). The van der Waals surface area contributed by atoms with E-state index in [1.165, 1.54) is 5.57 Å². The van der Waals surface area contributed by atoms with Crippen LogP contribution in [0.1, 0.15) is 25.7 Å². The van der Waals surface area contributed by atoms with Crippen LogP contribution in [-0.2, 0) is 9.59 Å². The maximum absolute atomic E-state index is 11.6. The molecule has 0 bridgehead atoms. The van der Waals surface area contributed by atoms with Crippen molar-refractivity contribution in [3.8, 4) is 0 Å². The molecule has 1 saturated heterocycles. The Labute approximate surface area is 118 Å². The lowest BCUT2D eigenvalue weighted by Crippen LogP contribution is -2.53. The van der Waals surface area contributed by atoms with Gasteiger partial charge in [0.1, 0.15) is 6.23 Å². The van der Waals surface area contributed by atoms with Crippen LogP contribution in [0.2, 0.25) is 0 Å². The number of hydrogen-bond donors (Lipinski definition) is 4. The van der Waals surface area contributed by atoms with Gasteiger partial charge in [-0.2, -0.15) is 0 Å². The van der Waals surface area contributed by atoms with Crippen LogP contribution in [0.5, 0.6) is 0 Å². The fraction of sp³-hybridized carbons (Fsp3) is 0.571. The third-order valence-electron chi connectivity index (χ3n) is 3.62. The van der Waals surface area contributed by atoms with Crippen LogP contribution in [0, 0.1) is 0 Å². The zero-order valence-electron chi connectivity index (χ0n) is 11.6. The zero-order chi connectivity index (χ0) is 14.5. The number of nitrogens with one attached hydrogen (secondary N) is 3. The summed E-state index contributed by atoms with van der Waals surface area (Å²) in [5.41, 5.74) is 2.17. The van der Waals surface area contributed by atoms with Crippen LogP contribution in [0.25, 0.3) is 0 Å². The van der Waals surface area contributed by atoms with Gasteiger partial charge in [-0.25, -0.2) is 0 Å². The van der Waals surface area contributed by atoms with Crippen molar-refractivity contribution in [1.29, 1.82) is 0 Å². The quantitative estimate of drug-likeness (QED) is 0.405. The molecule has 0 spiro atoms. The lowest BCUT2D eigenvalue weighted by Gasteiger charge is -2.27. The van der Waals surface area contributed by atoms with E-state index in [1.54, 1.807) is 0 Å². The summed E-state index contributed by atoms with van der Waals surface area (Å²) in [6.07, 6.45) is 5.48. The zero-order valence-corrected chi connectivity index (χ0v) is 11.6. The van der Waals surface area contributed by atoms with E-state index in [9.17, 15) is 14.7 Å². The lowest BCUT2D eigenvalue weighted by molar-refractivity contribution is -0.135. The van der Waals surface area contributed by atoms with Crippen LogP contribution >= 0.6 is 0 Å². The molecule has 4 N–H and O–H groups in total. The van der Waals surface area contributed by atoms with E-state index < -0.39 is 12.3 Å². The number of likely N-dealkylation sites (N-methyl/N-ethyl adjacent to an activating group) is 1. The van der Waals surface area contributed by atoms with E-state index in [0.717, 1.165) is 25.0 Å². The van der Waals surface area contributed by atoms with E-state index in [-0.39, 0.29) is 11.8 Å². The molecule has 2 rings (SSSR count). The molecule has 2 unspecified atom stereocenters. The van der Waals surface area contributed by atoms with Gasteiger partial charge in [-0.3, -0.25) is 20.2 Å². The molecule has 1 aliphatic heterocycles. The van der Waals surface area contributed by atoms with Gasteiger partial charge in [-0.05, 0) is 31.9 Å². The van der Waals surface area contributed by atoms with Crippen molar-refractivity contribution in [2.24, 2.45) is 0 Å². The predicted molar refractivity (Wildman–Crippen MR) is 74.6 cm³/mol. The van der Waals surface area contributed by atoms with Crippen LogP contribution in [0.4, 0.5) is 0 Å². The van der Waals surface area contributed by atoms with Gasteiger partial charge >= 0.3 is 0 Å². The van der Waals surface area contributed by atoms with Gasteiger partial charge in [0.05, 0.1) is 6.04 Å². The molecule has 0 aromatic rings. The first-order chi connectivity index (χ1) is 9.60. The first-order valence-corrected chi connectivity index (χ1v) is 6.91. The number of carbonyl (C=O) groups excluding carboxylic acids is 2. The molecular weight excluding hydrogens is 258 g/mol. The average Bonchev–Trinajstić information content (AvgIpc) is 2.43. The second-order valence-corrected chi connectivity index (χ2v) is 5.17. The second kappa shape index (κ2) is 6.78. The Bertz CT molecular complexity index is 457. The highest BCUT2D eigenvalue weighted by Crippen LogP contribution is 2.20. The number of rotatable bonds is 5. The summed E-state index contributed by atoms with van der Waals surface area (Å²) in [6.45, 7) is 0.848. The van der Waals surface area contributed by atoms with Crippen molar-refractivity contribution in [2.45, 2.75) is 38.0 Å². The molecule has 0 radical (unpaired) electrons. The molecule has 1 heterocycles. The first kappa shape index (κ1) is 14.9. The summed E-state index contributed by atoms with van der Waals surface area (Å²) in [7, 11) is 1.90. The molecule has 0 saturated carbocycles. The van der Waals surface area contributed by atoms with Crippen LogP contribution in [0.3, 0.4) is 0 Å². The maximum Gasteiger partial charge on any atom is 0.243 e. The van der Waals surface area contributed by atoms with Gasteiger partial charge in [0.25, 0.3) is 0 Å². The number of hydrogen-bond acceptors (Lipinski definition) is 5. The van der Waals surface area contributed by atoms with E-state index >= 15 is 0 Å². The van der Waals surface area contributed by atoms with Gasteiger partial charge in [0, 0.05) is 13.0 Å². The first-order valence-electron chi connectivity index (χ1n) is 6.91. The molecule has 2 atom stereocenters. The molecule has 1 aliphatic carbocycles. The van der Waals surface area contributed by atoms with Crippen molar-refractivity contribution in [3.63, 3.8) is 0 Å². The minimum absolute atomic E-state index is 0.251. The fourth-order valence-corrected chi connectivity index (χ4v) is 2.45. The summed E-state index contributed by atoms with van der Waals surface area (Å²) < 4.78 is 0. The second-order valence-electron chi connectivity index (χ2n) is 5.17. The Morgan fingerprint density at radius 1 is 1.35 bits per heavy atom. The third kappa shape index (κ3) is 3.75. The molecule has 0 aromatic carbocycles. The summed E-state index contributed by atoms with van der Waals surface area (Å²) in [5, 5.41) is 18.4. The predicted octanol–water partition coefficient (Wildman–Crippen LogP) is -0.434. The number of piperidine rings is 1. The average molecular weight is 279 g/mol. The molecule has 2 amide bonds. The Hall–Kier alpha value is -1.50. The minimum Gasteiger partial charge on any atom is -0.375 e. The van der Waals surface area contributed by atoms with Crippen molar-refractivity contribution in [2.75, 3.05) is 13.6 Å². The number of amides is 2. The van der Waals surface area contributed by atoms with Crippen molar-refractivity contribution in [3.05, 3.63) is 23.3 Å². The van der Waals surface area contributed by atoms with Crippen molar-refractivity contribution in [1.82, 2.24) is 16.0 Å². The SMILES string of the molecule is CNCC1=CC=C(C(O)NC2CCC(=O)NC2=O)CC1. The topological polar surface area (TPSA) is 90.5 Å². The van der Waals surface area contributed by atoms with Crippen molar-refractivity contribution < 1.29 is 14.7 Å². The van der Waals surface area contributed by atoms with Gasteiger partial charge in [-0.15, -0.1) is 0 Å². The molecule has 6 heteroatoms. The van der Waals surface area contributed by atoms with Crippen LogP contribution < -0.4 is 16.0 Å². The van der Waals surface area contributed by atoms with Crippen LogP contribution in [-0.4, -0.2) is 42.8 Å². The monoisotopic (exact) mass is 279 g/mol. The number of aliphatic hydroxyl groups is 1. The number of imide groups is 1. The summed E-state index contributed by atoms with van der Waals surface area (Å²) in [5.74, 6) is -0.609. The number of carbonyl (C=O) groups is 2. The van der Waals surface area contributed by atoms with Crippen molar-refractivity contribution >= 4 is 11.8 Å². The Kier molecular flexibility index (Phi) is 5.05. The fourth-order valence-electron chi connectivity index (χ4n) is 2.45. The number of aliphatic hydroxyl groups excluding tert-OH is 1. The number of allylic oxidation sites excluding steroid dienone is 2. The van der Waals surface area contributed by atoms with E-state index in [2.05, 4.69) is 16.0 Å². The Morgan fingerprint density at radius 2 is 2.15 bits per heavy atom. The smallest absolute Gasteiger partial charge is 0.243 e. The van der Waals surface area contributed by atoms with E-state index in [1.807, 2.05) is 19.2 Å². The normalized spacial score (nSPS) is 24.8. The Morgan fingerprint density at radius 3 is 2.75 bits per heavy atom. The molecule has 2 aliphatic rings. The molecule has 20 heavy (non-hydrogen) atoms. The maximum atomic E-state index is 11.6. The van der Waals surface area contributed by atoms with Gasteiger partial charge in [-0.1, -0.05) is 17.7 Å². The summed E-state index contributed by atoms with van der Waals surface area (Å²) >= 11 is 0. The Balaban J connectivity index is 1.90. The molecule has 6 nitrogen and oxygen atoms in total. The highest BCUT2D eigenvalue weighted by molar-refractivity contribution is 6.00. The molecular formula is C14H21N3O3. The molecule has 110 valence electrons. The van der Waals surface area contributed by atoms with Gasteiger partial charge in [0.2, 0.25) is 11.8 Å². The largest absolute Gasteiger partial charge is 0.375 e. The highest BCUT2D eigenvalue weighted by atomic mass is 16.3. The van der Waals surface area contributed by atoms with E-state index in [0.29, 0.717) is 12.8 Å². The minimum atomic E-state index is -0.841. The molecule has 0 aromatic heterocycles. The van der Waals surface area contributed by atoms with Crippen LogP contribution in [0.15, 0.2) is 23.3 Å². The van der Waals surface area contributed by atoms with Gasteiger partial charge < -0.3 is 10.4 Å². The van der Waals surface area contributed by atoms with Gasteiger partial charge in [0.15, 0.2) is 0 Å². The van der Waals surface area contributed by atoms with E-state index in [4.69, 9.17) is 0 Å². The summed E-state index contributed by atoms with van der Waals surface area (Å²) in [4.78, 5) is 22.7. The molecule has 1 fully saturated rings. The summed E-state index contributed by atoms with van der Waals surface area (Å²) in [6, 6.07) is -0.508. The third-order valence-corrected chi connectivity index (χ3v) is 3.62.